The Labute approximate surface area is 101 Å². The topological polar surface area (TPSA) is 34.5 Å². The molecule has 0 aliphatic heterocycles. The third-order valence-electron chi connectivity index (χ3n) is 2.18. The van der Waals surface area contributed by atoms with E-state index in [2.05, 4.69) is 9.98 Å². The number of aromatic nitrogens is 1. The summed E-state index contributed by atoms with van der Waals surface area (Å²) in [6.07, 6.45) is 3.50. The monoisotopic (exact) mass is 226 g/mol. The van der Waals surface area contributed by atoms with Gasteiger partial charge >= 0.3 is 0 Å². The van der Waals surface area contributed by atoms with Crippen LogP contribution in [0.15, 0.2) is 53.7 Å². The maximum atomic E-state index is 5.36. The number of rotatable bonds is 4. The number of aliphatic imine (C=N–C) groups is 1. The van der Waals surface area contributed by atoms with Crippen LogP contribution in [-0.4, -0.2) is 17.8 Å². The van der Waals surface area contributed by atoms with E-state index in [9.17, 15) is 0 Å². The fourth-order valence-corrected chi connectivity index (χ4v) is 1.39. The summed E-state index contributed by atoms with van der Waals surface area (Å²) >= 11 is 0. The van der Waals surface area contributed by atoms with Crippen LogP contribution in [0.2, 0.25) is 0 Å². The highest BCUT2D eigenvalue weighted by Crippen LogP contribution is 2.17. The van der Waals surface area contributed by atoms with Crippen molar-refractivity contribution in [2.24, 2.45) is 4.99 Å². The first-order valence-corrected chi connectivity index (χ1v) is 5.56. The molecule has 1 heterocycles. The van der Waals surface area contributed by atoms with E-state index < -0.39 is 0 Å². The molecule has 2 rings (SSSR count). The Kier molecular flexibility index (Phi) is 3.86. The van der Waals surface area contributed by atoms with E-state index in [1.807, 2.05) is 49.4 Å². The summed E-state index contributed by atoms with van der Waals surface area (Å²) in [6, 6.07) is 13.4. The third-order valence-corrected chi connectivity index (χ3v) is 2.18. The molecule has 0 aliphatic rings. The van der Waals surface area contributed by atoms with Gasteiger partial charge in [0.2, 0.25) is 0 Å². The minimum Gasteiger partial charge on any atom is -0.494 e. The van der Waals surface area contributed by atoms with Crippen molar-refractivity contribution in [1.82, 2.24) is 4.98 Å². The molecule has 0 spiro atoms. The minimum atomic E-state index is 0.677. The van der Waals surface area contributed by atoms with Crippen LogP contribution in [0.5, 0.6) is 5.75 Å². The molecule has 0 unspecified atom stereocenters. The molecule has 0 aliphatic carbocycles. The van der Waals surface area contributed by atoms with Gasteiger partial charge in [-0.1, -0.05) is 6.07 Å². The second kappa shape index (κ2) is 5.80. The predicted molar refractivity (Wildman–Crippen MR) is 69.1 cm³/mol. The molecule has 0 radical (unpaired) electrons. The molecule has 17 heavy (non-hydrogen) atoms. The Morgan fingerprint density at radius 3 is 2.65 bits per heavy atom. The summed E-state index contributed by atoms with van der Waals surface area (Å²) in [7, 11) is 0. The summed E-state index contributed by atoms with van der Waals surface area (Å²) in [5, 5.41) is 0. The van der Waals surface area contributed by atoms with Crippen LogP contribution in [0.1, 0.15) is 12.6 Å². The molecule has 0 N–H and O–H groups in total. The largest absolute Gasteiger partial charge is 0.494 e. The van der Waals surface area contributed by atoms with Crippen molar-refractivity contribution in [3.05, 3.63) is 54.4 Å². The van der Waals surface area contributed by atoms with E-state index in [4.69, 9.17) is 4.74 Å². The average Bonchev–Trinajstić information content (AvgIpc) is 2.40. The lowest BCUT2D eigenvalue weighted by Gasteiger charge is -2.01. The fourth-order valence-electron chi connectivity index (χ4n) is 1.39. The SMILES string of the molecule is CCOc1ccc(N=Cc2ccccn2)cc1. The van der Waals surface area contributed by atoms with Gasteiger partial charge < -0.3 is 4.74 Å². The van der Waals surface area contributed by atoms with Gasteiger partial charge in [0.25, 0.3) is 0 Å². The highest BCUT2D eigenvalue weighted by atomic mass is 16.5. The Bertz CT molecular complexity index is 477. The van der Waals surface area contributed by atoms with Crippen LogP contribution >= 0.6 is 0 Å². The molecule has 86 valence electrons. The molecular weight excluding hydrogens is 212 g/mol. The Morgan fingerprint density at radius 1 is 1.18 bits per heavy atom. The maximum absolute atomic E-state index is 5.36. The quantitative estimate of drug-likeness (QED) is 0.750. The van der Waals surface area contributed by atoms with E-state index in [1.54, 1.807) is 12.4 Å². The molecule has 3 nitrogen and oxygen atoms in total. The summed E-state index contributed by atoms with van der Waals surface area (Å²) in [5.74, 6) is 0.865. The first-order valence-electron chi connectivity index (χ1n) is 5.56. The van der Waals surface area contributed by atoms with Crippen molar-refractivity contribution in [3.8, 4) is 5.75 Å². The highest BCUT2D eigenvalue weighted by molar-refractivity contribution is 5.79. The number of hydrogen-bond acceptors (Lipinski definition) is 3. The van der Waals surface area contributed by atoms with E-state index in [0.717, 1.165) is 17.1 Å². The van der Waals surface area contributed by atoms with E-state index in [0.29, 0.717) is 6.61 Å². The fraction of sp³-hybridized carbons (Fsp3) is 0.143. The number of nitrogens with zero attached hydrogens (tertiary/aromatic N) is 2. The molecular formula is C14H14N2O. The van der Waals surface area contributed by atoms with Crippen LogP contribution in [0, 0.1) is 0 Å². The van der Waals surface area contributed by atoms with Gasteiger partial charge in [-0.3, -0.25) is 9.98 Å². The lowest BCUT2D eigenvalue weighted by Crippen LogP contribution is -1.89. The zero-order valence-corrected chi connectivity index (χ0v) is 9.71. The standard InChI is InChI=1S/C14H14N2O/c1-2-17-14-8-6-12(7-9-14)16-11-13-5-3-4-10-15-13/h3-11H,2H2,1H3. The maximum Gasteiger partial charge on any atom is 0.119 e. The van der Waals surface area contributed by atoms with E-state index >= 15 is 0 Å². The van der Waals surface area contributed by atoms with Gasteiger partial charge in [-0.2, -0.15) is 0 Å². The first kappa shape index (κ1) is 11.3. The highest BCUT2D eigenvalue weighted by Gasteiger charge is 1.92. The zero-order valence-electron chi connectivity index (χ0n) is 9.71. The average molecular weight is 226 g/mol. The summed E-state index contributed by atoms with van der Waals surface area (Å²) in [6.45, 7) is 2.64. The summed E-state index contributed by atoms with van der Waals surface area (Å²) < 4.78 is 5.36. The van der Waals surface area contributed by atoms with Crippen LogP contribution in [0.3, 0.4) is 0 Å². The predicted octanol–water partition coefficient (Wildman–Crippen LogP) is 3.23. The van der Waals surface area contributed by atoms with Crippen molar-refractivity contribution in [1.29, 1.82) is 0 Å². The molecule has 0 saturated carbocycles. The molecule has 0 amide bonds. The molecule has 0 atom stereocenters. The van der Waals surface area contributed by atoms with Crippen molar-refractivity contribution >= 4 is 11.9 Å². The first-order chi connectivity index (χ1) is 8.38. The van der Waals surface area contributed by atoms with Gasteiger partial charge in [0, 0.05) is 6.20 Å². The third kappa shape index (κ3) is 3.41. The van der Waals surface area contributed by atoms with Crippen molar-refractivity contribution in [2.75, 3.05) is 6.61 Å². The Morgan fingerprint density at radius 2 is 2.00 bits per heavy atom. The summed E-state index contributed by atoms with van der Waals surface area (Å²) in [4.78, 5) is 8.50. The van der Waals surface area contributed by atoms with Gasteiger partial charge in [0.05, 0.1) is 24.2 Å². The van der Waals surface area contributed by atoms with Crippen molar-refractivity contribution in [3.63, 3.8) is 0 Å². The van der Waals surface area contributed by atoms with Crippen LogP contribution < -0.4 is 4.74 Å². The van der Waals surface area contributed by atoms with Gasteiger partial charge in [-0.15, -0.1) is 0 Å². The Balaban J connectivity index is 2.06. The minimum absolute atomic E-state index is 0.677. The zero-order chi connectivity index (χ0) is 11.9. The molecule has 0 bridgehead atoms. The van der Waals surface area contributed by atoms with E-state index in [-0.39, 0.29) is 0 Å². The second-order valence-corrected chi connectivity index (χ2v) is 3.44. The number of ether oxygens (including phenoxy) is 1. The van der Waals surface area contributed by atoms with Crippen LogP contribution in [-0.2, 0) is 0 Å². The lowest BCUT2D eigenvalue weighted by atomic mass is 10.3. The molecule has 0 saturated heterocycles. The molecule has 1 aromatic carbocycles. The Hall–Kier alpha value is -2.16. The number of benzene rings is 1. The van der Waals surface area contributed by atoms with Gasteiger partial charge in [-0.05, 0) is 43.3 Å². The second-order valence-electron chi connectivity index (χ2n) is 3.44. The lowest BCUT2D eigenvalue weighted by molar-refractivity contribution is 0.340. The van der Waals surface area contributed by atoms with Gasteiger partial charge in [0.15, 0.2) is 0 Å². The van der Waals surface area contributed by atoms with E-state index in [1.165, 1.54) is 0 Å². The number of hydrogen-bond donors (Lipinski definition) is 0. The molecule has 1 aromatic heterocycles. The summed E-state index contributed by atoms with van der Waals surface area (Å²) in [5.41, 5.74) is 1.74. The van der Waals surface area contributed by atoms with Crippen molar-refractivity contribution in [2.45, 2.75) is 6.92 Å². The van der Waals surface area contributed by atoms with Crippen LogP contribution in [0.4, 0.5) is 5.69 Å². The van der Waals surface area contributed by atoms with Gasteiger partial charge in [0.1, 0.15) is 5.75 Å². The van der Waals surface area contributed by atoms with Crippen LogP contribution in [0.25, 0.3) is 0 Å². The smallest absolute Gasteiger partial charge is 0.119 e. The number of pyridine rings is 1. The normalized spacial score (nSPS) is 10.6. The molecule has 3 heteroatoms. The van der Waals surface area contributed by atoms with Crippen molar-refractivity contribution < 1.29 is 4.74 Å². The molecule has 0 fully saturated rings. The molecule has 2 aromatic rings. The van der Waals surface area contributed by atoms with Gasteiger partial charge in [-0.25, -0.2) is 0 Å².